The van der Waals surface area contributed by atoms with Gasteiger partial charge in [0.25, 0.3) is 0 Å². The zero-order valence-electron chi connectivity index (χ0n) is 19.4. The molecular weight excluding hydrogens is 393 g/mol. The zero-order chi connectivity index (χ0) is 22.9. The second-order valence-electron chi connectivity index (χ2n) is 9.72. The summed E-state index contributed by atoms with van der Waals surface area (Å²) in [7, 11) is -0.602. The number of nitrogens with one attached hydrogen (secondary N) is 2. The minimum absolute atomic E-state index is 0.225. The first-order valence-electron chi connectivity index (χ1n) is 10.5. The summed E-state index contributed by atoms with van der Waals surface area (Å²) in [5, 5.41) is 9.90. The van der Waals surface area contributed by atoms with Crippen LogP contribution in [0.3, 0.4) is 0 Å². The Morgan fingerprint density at radius 2 is 1.81 bits per heavy atom. The highest BCUT2D eigenvalue weighted by atomic mass is 16.7. The monoisotopic (exact) mass is 425 g/mol. The maximum Gasteiger partial charge on any atom is 0.492 e. The molecule has 7 nitrogen and oxygen atoms in total. The maximum atomic E-state index is 12.3. The van der Waals surface area contributed by atoms with Crippen LogP contribution in [0, 0.1) is 0 Å². The lowest BCUT2D eigenvalue weighted by molar-refractivity contribution is 0.00578. The lowest BCUT2D eigenvalue weighted by atomic mass is 9.76. The Morgan fingerprint density at radius 3 is 2.39 bits per heavy atom. The van der Waals surface area contributed by atoms with Gasteiger partial charge in [0.1, 0.15) is 5.60 Å². The molecule has 2 heterocycles. The first-order valence-corrected chi connectivity index (χ1v) is 10.5. The van der Waals surface area contributed by atoms with Crippen LogP contribution in [0.2, 0.25) is 0 Å². The number of rotatable bonds is 5. The van der Waals surface area contributed by atoms with Crippen molar-refractivity contribution in [1.29, 1.82) is 0 Å². The van der Waals surface area contributed by atoms with Crippen molar-refractivity contribution in [2.75, 3.05) is 6.54 Å². The Labute approximate surface area is 184 Å². The van der Waals surface area contributed by atoms with Crippen molar-refractivity contribution in [2.45, 2.75) is 65.3 Å². The number of hydrogen-bond donors (Lipinski definition) is 2. The largest absolute Gasteiger partial charge is 0.492 e. The second-order valence-corrected chi connectivity index (χ2v) is 9.72. The molecule has 0 spiro atoms. The standard InChI is InChI=1S/C23H32BN3O4/c1-21(2,3)29-20(28)25-15-17(24-30-22(4,5)23(6,7)31-24)14-16-10-8-9-11-18(16)19-12-13-26-27-19/h8-14H,15H2,1-7H3,(H,25,28)(H,26,27). The van der Waals surface area contributed by atoms with E-state index in [1.807, 2.05) is 84.9 Å². The van der Waals surface area contributed by atoms with Crippen LogP contribution in [-0.4, -0.2) is 46.8 Å². The SMILES string of the molecule is CC(C)(C)OC(=O)NCC(=Cc1ccccc1-c1ccn[nH]1)B1OC(C)(C)C(C)(C)O1. The Kier molecular flexibility index (Phi) is 6.34. The van der Waals surface area contributed by atoms with Gasteiger partial charge in [-0.05, 0) is 65.6 Å². The molecule has 0 unspecified atom stereocenters. The third-order valence-electron chi connectivity index (χ3n) is 5.48. The van der Waals surface area contributed by atoms with Crippen LogP contribution in [-0.2, 0) is 14.0 Å². The highest BCUT2D eigenvalue weighted by molar-refractivity contribution is 6.56. The Hall–Kier alpha value is -2.58. The van der Waals surface area contributed by atoms with Gasteiger partial charge >= 0.3 is 13.2 Å². The molecule has 0 atom stereocenters. The number of ether oxygens (including phenoxy) is 1. The Balaban J connectivity index is 1.93. The van der Waals surface area contributed by atoms with Crippen molar-refractivity contribution in [3.63, 3.8) is 0 Å². The van der Waals surface area contributed by atoms with Crippen LogP contribution < -0.4 is 5.32 Å². The van der Waals surface area contributed by atoms with E-state index in [0.29, 0.717) is 0 Å². The number of H-pyrrole nitrogens is 1. The van der Waals surface area contributed by atoms with Gasteiger partial charge in [-0.1, -0.05) is 30.3 Å². The molecule has 0 aliphatic carbocycles. The first kappa shape index (κ1) is 23.1. The minimum Gasteiger partial charge on any atom is -0.444 e. The number of carbonyl (C=O) groups excluding carboxylic acids is 1. The summed E-state index contributed by atoms with van der Waals surface area (Å²) < 4.78 is 17.9. The summed E-state index contributed by atoms with van der Waals surface area (Å²) in [4.78, 5) is 12.3. The van der Waals surface area contributed by atoms with Crippen LogP contribution in [0.4, 0.5) is 4.79 Å². The average Bonchev–Trinajstić information content (AvgIpc) is 3.24. The van der Waals surface area contributed by atoms with E-state index in [1.165, 1.54) is 0 Å². The van der Waals surface area contributed by atoms with Crippen LogP contribution in [0.1, 0.15) is 54.0 Å². The van der Waals surface area contributed by atoms with Crippen LogP contribution in [0.15, 0.2) is 42.0 Å². The van der Waals surface area contributed by atoms with Crippen molar-refractivity contribution < 1.29 is 18.8 Å². The van der Waals surface area contributed by atoms with Gasteiger partial charge in [-0.2, -0.15) is 5.10 Å². The molecule has 1 aromatic carbocycles. The highest BCUT2D eigenvalue weighted by Crippen LogP contribution is 2.39. The first-order chi connectivity index (χ1) is 14.4. The third kappa shape index (κ3) is 5.57. The van der Waals surface area contributed by atoms with Gasteiger partial charge in [-0.25, -0.2) is 4.79 Å². The summed E-state index contributed by atoms with van der Waals surface area (Å²) in [6.07, 6.45) is 3.22. The van der Waals surface area contributed by atoms with Gasteiger partial charge in [0, 0.05) is 18.3 Å². The van der Waals surface area contributed by atoms with E-state index < -0.39 is 30.0 Å². The van der Waals surface area contributed by atoms with Gasteiger partial charge in [-0.3, -0.25) is 5.10 Å². The quantitative estimate of drug-likeness (QED) is 0.683. The highest BCUT2D eigenvalue weighted by Gasteiger charge is 2.52. The molecule has 2 N–H and O–H groups in total. The molecule has 166 valence electrons. The van der Waals surface area contributed by atoms with Crippen molar-refractivity contribution in [2.24, 2.45) is 0 Å². The van der Waals surface area contributed by atoms with Crippen molar-refractivity contribution >= 4 is 19.3 Å². The summed E-state index contributed by atoms with van der Waals surface area (Å²) >= 11 is 0. The molecule has 8 heteroatoms. The summed E-state index contributed by atoms with van der Waals surface area (Å²) in [6.45, 7) is 13.7. The molecule has 1 amide bonds. The molecule has 0 saturated carbocycles. The van der Waals surface area contributed by atoms with Crippen molar-refractivity contribution in [1.82, 2.24) is 15.5 Å². The number of alkyl carbamates (subject to hydrolysis) is 1. The topological polar surface area (TPSA) is 85.5 Å². The van der Waals surface area contributed by atoms with E-state index in [2.05, 4.69) is 15.5 Å². The molecule has 1 fully saturated rings. The predicted octanol–water partition coefficient (Wildman–Crippen LogP) is 4.62. The van der Waals surface area contributed by atoms with Gasteiger partial charge in [0.15, 0.2) is 0 Å². The fourth-order valence-electron chi connectivity index (χ4n) is 3.16. The number of carbonyl (C=O) groups is 1. The van der Waals surface area contributed by atoms with Gasteiger partial charge in [0.2, 0.25) is 0 Å². The number of benzene rings is 1. The zero-order valence-corrected chi connectivity index (χ0v) is 19.4. The average molecular weight is 425 g/mol. The molecule has 1 saturated heterocycles. The lowest BCUT2D eigenvalue weighted by Gasteiger charge is -2.32. The van der Waals surface area contributed by atoms with Crippen LogP contribution in [0.25, 0.3) is 17.3 Å². The van der Waals surface area contributed by atoms with E-state index in [0.717, 1.165) is 22.3 Å². The fraction of sp³-hybridized carbons (Fsp3) is 0.478. The maximum absolute atomic E-state index is 12.3. The molecular formula is C23H32BN3O4. The normalized spacial score (nSPS) is 18.2. The molecule has 1 aliphatic heterocycles. The smallest absolute Gasteiger partial charge is 0.444 e. The Bertz CT molecular complexity index is 930. The Morgan fingerprint density at radius 1 is 1.16 bits per heavy atom. The fourth-order valence-corrected chi connectivity index (χ4v) is 3.16. The molecule has 3 rings (SSSR count). The van der Waals surface area contributed by atoms with Crippen molar-refractivity contribution in [3.8, 4) is 11.3 Å². The van der Waals surface area contributed by atoms with Crippen molar-refractivity contribution in [3.05, 3.63) is 47.6 Å². The van der Waals surface area contributed by atoms with Gasteiger partial charge in [0.05, 0.1) is 16.9 Å². The van der Waals surface area contributed by atoms with Crippen LogP contribution >= 0.6 is 0 Å². The van der Waals surface area contributed by atoms with E-state index in [9.17, 15) is 4.79 Å². The molecule has 0 radical (unpaired) electrons. The summed E-state index contributed by atoms with van der Waals surface area (Å²) in [6, 6.07) is 9.88. The van der Waals surface area contributed by atoms with E-state index in [4.69, 9.17) is 14.0 Å². The third-order valence-corrected chi connectivity index (χ3v) is 5.48. The number of nitrogens with zero attached hydrogens (tertiary/aromatic N) is 1. The number of aromatic amines is 1. The molecule has 2 aromatic rings. The second kappa shape index (κ2) is 8.51. The van der Waals surface area contributed by atoms with Crippen LogP contribution in [0.5, 0.6) is 0 Å². The molecule has 31 heavy (non-hydrogen) atoms. The lowest BCUT2D eigenvalue weighted by Crippen LogP contribution is -2.41. The predicted molar refractivity (Wildman–Crippen MR) is 122 cm³/mol. The minimum atomic E-state index is -0.602. The number of aromatic nitrogens is 2. The van der Waals surface area contributed by atoms with E-state index >= 15 is 0 Å². The summed E-state index contributed by atoms with van der Waals surface area (Å²) in [5.74, 6) is 0. The van der Waals surface area contributed by atoms with E-state index in [1.54, 1.807) is 6.20 Å². The summed E-state index contributed by atoms with van der Waals surface area (Å²) in [5.41, 5.74) is 2.08. The van der Waals surface area contributed by atoms with Gasteiger partial charge in [-0.15, -0.1) is 0 Å². The van der Waals surface area contributed by atoms with E-state index in [-0.39, 0.29) is 6.54 Å². The number of hydrogen-bond acceptors (Lipinski definition) is 5. The number of amides is 1. The molecule has 1 aliphatic rings. The molecule has 0 bridgehead atoms. The van der Waals surface area contributed by atoms with Gasteiger partial charge < -0.3 is 19.4 Å². The molecule has 1 aromatic heterocycles.